The van der Waals surface area contributed by atoms with Gasteiger partial charge in [-0.15, -0.1) is 0 Å². The van der Waals surface area contributed by atoms with Gasteiger partial charge in [0.25, 0.3) is 0 Å². The van der Waals surface area contributed by atoms with Crippen LogP contribution in [0.25, 0.3) is 5.69 Å². The van der Waals surface area contributed by atoms with Crippen molar-refractivity contribution in [2.75, 3.05) is 10.7 Å². The molecule has 1 unspecified atom stereocenters. The van der Waals surface area contributed by atoms with E-state index in [1.807, 2.05) is 30.3 Å². The van der Waals surface area contributed by atoms with Crippen molar-refractivity contribution >= 4 is 17.6 Å². The Labute approximate surface area is 163 Å². The summed E-state index contributed by atoms with van der Waals surface area (Å²) in [5, 5.41) is 10.3. The number of aromatic nitrogens is 2. The molecule has 1 aliphatic heterocycles. The monoisotopic (exact) mass is 399 g/mol. The zero-order valence-electron chi connectivity index (χ0n) is 15.0. The average molecular weight is 399 g/mol. The van der Waals surface area contributed by atoms with Gasteiger partial charge in [-0.25, -0.2) is 4.68 Å². The van der Waals surface area contributed by atoms with Crippen molar-refractivity contribution in [3.05, 3.63) is 82.3 Å². The van der Waals surface area contributed by atoms with Gasteiger partial charge < -0.3 is 5.73 Å². The number of halogens is 3. The molecule has 2 heterocycles. The SMILES string of the molecule is Nc1cn(-c2cccc(C(F)(F)F)c2)nc(C2CC=NN2c2ccccc2)c1=O. The topological polar surface area (TPSA) is 76.5 Å². The molecule has 2 N–H and O–H groups in total. The molecule has 6 nitrogen and oxygen atoms in total. The number of hydrogen-bond donors (Lipinski definition) is 1. The van der Waals surface area contributed by atoms with Gasteiger partial charge in [-0.1, -0.05) is 24.3 Å². The summed E-state index contributed by atoms with van der Waals surface area (Å²) in [5.74, 6) is 0. The normalized spacial score (nSPS) is 16.4. The molecule has 0 bridgehead atoms. The molecule has 0 spiro atoms. The van der Waals surface area contributed by atoms with Crippen molar-refractivity contribution in [1.82, 2.24) is 9.78 Å². The molecule has 0 radical (unpaired) electrons. The van der Waals surface area contributed by atoms with E-state index in [2.05, 4.69) is 10.2 Å². The molecule has 9 heteroatoms. The highest BCUT2D eigenvalue weighted by atomic mass is 19.4. The Balaban J connectivity index is 1.79. The molecule has 0 saturated heterocycles. The smallest absolute Gasteiger partial charge is 0.394 e. The molecule has 0 fully saturated rings. The van der Waals surface area contributed by atoms with Crippen LogP contribution in [-0.2, 0) is 6.18 Å². The van der Waals surface area contributed by atoms with Crippen LogP contribution in [0.15, 0.2) is 70.7 Å². The van der Waals surface area contributed by atoms with Gasteiger partial charge in [0, 0.05) is 12.6 Å². The lowest BCUT2D eigenvalue weighted by Crippen LogP contribution is -2.29. The second-order valence-corrected chi connectivity index (χ2v) is 6.52. The maximum Gasteiger partial charge on any atom is 0.416 e. The molecular weight excluding hydrogens is 383 g/mol. The molecule has 0 amide bonds. The third-order valence-corrected chi connectivity index (χ3v) is 4.58. The van der Waals surface area contributed by atoms with Crippen LogP contribution < -0.4 is 16.2 Å². The maximum atomic E-state index is 13.1. The summed E-state index contributed by atoms with van der Waals surface area (Å²) in [6, 6.07) is 13.4. The van der Waals surface area contributed by atoms with Crippen molar-refractivity contribution in [1.29, 1.82) is 0 Å². The number of anilines is 2. The minimum Gasteiger partial charge on any atom is -0.394 e. The lowest BCUT2D eigenvalue weighted by atomic mass is 10.1. The van der Waals surface area contributed by atoms with E-state index in [1.165, 1.54) is 23.0 Å². The molecule has 0 aliphatic carbocycles. The molecular formula is C20H16F3N5O. The fourth-order valence-electron chi connectivity index (χ4n) is 3.17. The van der Waals surface area contributed by atoms with Gasteiger partial charge in [0.05, 0.1) is 23.1 Å². The van der Waals surface area contributed by atoms with E-state index in [0.717, 1.165) is 17.8 Å². The summed E-state index contributed by atoms with van der Waals surface area (Å²) >= 11 is 0. The first-order chi connectivity index (χ1) is 13.8. The van der Waals surface area contributed by atoms with Crippen LogP contribution in [-0.4, -0.2) is 16.0 Å². The highest BCUT2D eigenvalue weighted by Gasteiger charge is 2.31. The van der Waals surface area contributed by atoms with Crippen LogP contribution in [0.5, 0.6) is 0 Å². The van der Waals surface area contributed by atoms with Gasteiger partial charge in [-0.2, -0.15) is 23.4 Å². The number of nitrogens with two attached hydrogens (primary N) is 1. The Morgan fingerprint density at radius 2 is 1.76 bits per heavy atom. The fraction of sp³-hybridized carbons (Fsp3) is 0.150. The number of benzene rings is 2. The van der Waals surface area contributed by atoms with Crippen LogP contribution in [0, 0.1) is 0 Å². The summed E-state index contributed by atoms with van der Waals surface area (Å²) in [5.41, 5.74) is 5.52. The van der Waals surface area contributed by atoms with E-state index in [9.17, 15) is 18.0 Å². The first kappa shape index (κ1) is 18.7. The van der Waals surface area contributed by atoms with Crippen LogP contribution in [0.2, 0.25) is 0 Å². The summed E-state index contributed by atoms with van der Waals surface area (Å²) < 4.78 is 40.4. The van der Waals surface area contributed by atoms with Gasteiger partial charge in [-0.05, 0) is 30.3 Å². The first-order valence-electron chi connectivity index (χ1n) is 8.78. The molecule has 2 aromatic carbocycles. The van der Waals surface area contributed by atoms with E-state index in [-0.39, 0.29) is 17.1 Å². The predicted octanol–water partition coefficient (Wildman–Crippen LogP) is 3.77. The standard InChI is InChI=1S/C20H16F3N5O/c21-20(22,23)13-5-4-8-15(11-13)27-12-16(24)19(29)18(26-27)17-9-10-25-28(17)14-6-2-1-3-7-14/h1-8,10-12,17H,9,24H2. The minimum atomic E-state index is -4.49. The molecule has 29 heavy (non-hydrogen) atoms. The minimum absolute atomic E-state index is 0.104. The van der Waals surface area contributed by atoms with Gasteiger partial charge in [-0.3, -0.25) is 9.80 Å². The second-order valence-electron chi connectivity index (χ2n) is 6.52. The van der Waals surface area contributed by atoms with Crippen LogP contribution in [0.1, 0.15) is 23.7 Å². The van der Waals surface area contributed by atoms with Crippen molar-refractivity contribution < 1.29 is 13.2 Å². The van der Waals surface area contributed by atoms with Crippen molar-refractivity contribution in [2.45, 2.75) is 18.6 Å². The number of hydrogen-bond acceptors (Lipinski definition) is 5. The summed E-state index contributed by atoms with van der Waals surface area (Å²) in [6.45, 7) is 0. The molecule has 1 aliphatic rings. The second kappa shape index (κ2) is 7.08. The van der Waals surface area contributed by atoms with Crippen LogP contribution in [0.3, 0.4) is 0 Å². The average Bonchev–Trinajstić information content (AvgIpc) is 3.20. The van der Waals surface area contributed by atoms with Gasteiger partial charge in [0.2, 0.25) is 5.43 Å². The van der Waals surface area contributed by atoms with Crippen molar-refractivity contribution in [3.63, 3.8) is 0 Å². The van der Waals surface area contributed by atoms with Crippen molar-refractivity contribution in [3.8, 4) is 5.69 Å². The van der Waals surface area contributed by atoms with Gasteiger partial charge in [0.1, 0.15) is 17.4 Å². The molecule has 0 saturated carbocycles. The summed E-state index contributed by atoms with van der Waals surface area (Å²) in [7, 11) is 0. The molecule has 1 atom stereocenters. The molecule has 148 valence electrons. The van der Waals surface area contributed by atoms with E-state index < -0.39 is 23.2 Å². The molecule has 3 aromatic rings. The summed E-state index contributed by atoms with van der Waals surface area (Å²) in [6.07, 6.45) is -1.18. The quantitative estimate of drug-likeness (QED) is 0.727. The third kappa shape index (κ3) is 3.58. The number of hydrazone groups is 1. The number of alkyl halides is 3. The summed E-state index contributed by atoms with van der Waals surface area (Å²) in [4.78, 5) is 12.7. The Hall–Kier alpha value is -3.62. The fourth-order valence-corrected chi connectivity index (χ4v) is 3.17. The van der Waals surface area contributed by atoms with E-state index in [4.69, 9.17) is 5.73 Å². The van der Waals surface area contributed by atoms with Gasteiger partial charge in [0.15, 0.2) is 0 Å². The van der Waals surface area contributed by atoms with E-state index in [1.54, 1.807) is 11.2 Å². The zero-order chi connectivity index (χ0) is 20.6. The Bertz CT molecular complexity index is 1120. The number of rotatable bonds is 3. The van der Waals surface area contributed by atoms with Crippen molar-refractivity contribution in [2.24, 2.45) is 5.10 Å². The lowest BCUT2D eigenvalue weighted by molar-refractivity contribution is -0.137. The highest BCUT2D eigenvalue weighted by Crippen LogP contribution is 2.32. The number of nitrogen functional groups attached to an aromatic ring is 1. The lowest BCUT2D eigenvalue weighted by Gasteiger charge is -2.23. The van der Waals surface area contributed by atoms with E-state index in [0.29, 0.717) is 6.42 Å². The number of para-hydroxylation sites is 1. The highest BCUT2D eigenvalue weighted by molar-refractivity contribution is 5.67. The Morgan fingerprint density at radius 1 is 1.03 bits per heavy atom. The first-order valence-corrected chi connectivity index (χ1v) is 8.78. The predicted molar refractivity (Wildman–Crippen MR) is 104 cm³/mol. The van der Waals surface area contributed by atoms with Crippen LogP contribution >= 0.6 is 0 Å². The van der Waals surface area contributed by atoms with Gasteiger partial charge >= 0.3 is 6.18 Å². The molecule has 4 rings (SSSR count). The molecule has 1 aromatic heterocycles. The van der Waals surface area contributed by atoms with Crippen LogP contribution in [0.4, 0.5) is 24.5 Å². The third-order valence-electron chi connectivity index (χ3n) is 4.58. The Kier molecular flexibility index (Phi) is 4.57. The zero-order valence-corrected chi connectivity index (χ0v) is 15.0. The van der Waals surface area contributed by atoms with E-state index >= 15 is 0 Å². The number of nitrogens with zero attached hydrogens (tertiary/aromatic N) is 4. The largest absolute Gasteiger partial charge is 0.416 e. The Morgan fingerprint density at radius 3 is 2.48 bits per heavy atom. The maximum absolute atomic E-state index is 13.1.